The molecular formula is C13H26O9P2. The standard InChI is InChI=1S/C13H26O9P2/c1-5-9-19-23(14,17-7-3)21-12-11-16-13-22-24(15,18-8-4)20-10-6-2/h1H,6-13H2,2-4H3. The molecule has 0 heterocycles. The molecule has 0 rings (SSSR count). The van der Waals surface area contributed by atoms with E-state index >= 15 is 0 Å². The molecule has 142 valence electrons. The SMILES string of the molecule is C#CCOP(=O)(OCC)OCCOCOP(=O)(OCC)OCCC. The van der Waals surface area contributed by atoms with Crippen LogP contribution in [-0.4, -0.2) is 46.4 Å². The van der Waals surface area contributed by atoms with Gasteiger partial charge in [0.2, 0.25) is 0 Å². The van der Waals surface area contributed by atoms with E-state index in [9.17, 15) is 9.13 Å². The molecule has 0 bridgehead atoms. The first-order valence-electron chi connectivity index (χ1n) is 7.53. The van der Waals surface area contributed by atoms with Crippen LogP contribution >= 0.6 is 15.6 Å². The van der Waals surface area contributed by atoms with Gasteiger partial charge in [0.15, 0.2) is 6.79 Å². The second kappa shape index (κ2) is 14.0. The van der Waals surface area contributed by atoms with Crippen LogP contribution in [0.15, 0.2) is 0 Å². The van der Waals surface area contributed by atoms with E-state index in [1.54, 1.807) is 13.8 Å². The van der Waals surface area contributed by atoms with Crippen LogP contribution in [0.3, 0.4) is 0 Å². The quantitative estimate of drug-likeness (QED) is 0.171. The van der Waals surface area contributed by atoms with Crippen LogP contribution in [0, 0.1) is 12.3 Å². The number of hydrogen-bond donors (Lipinski definition) is 0. The van der Waals surface area contributed by atoms with Crippen LogP contribution in [0.4, 0.5) is 0 Å². The Morgan fingerprint density at radius 3 is 1.92 bits per heavy atom. The normalized spacial score (nSPS) is 16.2. The molecule has 0 spiro atoms. The highest BCUT2D eigenvalue weighted by Crippen LogP contribution is 2.50. The lowest BCUT2D eigenvalue weighted by Gasteiger charge is -2.18. The molecule has 2 atom stereocenters. The van der Waals surface area contributed by atoms with Crippen molar-refractivity contribution in [3.05, 3.63) is 0 Å². The van der Waals surface area contributed by atoms with Gasteiger partial charge in [-0.05, 0) is 20.3 Å². The summed E-state index contributed by atoms with van der Waals surface area (Å²) >= 11 is 0. The van der Waals surface area contributed by atoms with Gasteiger partial charge >= 0.3 is 15.6 Å². The lowest BCUT2D eigenvalue weighted by Crippen LogP contribution is -2.09. The molecule has 0 aliphatic rings. The molecule has 0 saturated carbocycles. The van der Waals surface area contributed by atoms with Gasteiger partial charge in [-0.15, -0.1) is 6.42 Å². The summed E-state index contributed by atoms with van der Waals surface area (Å²) < 4.78 is 59.0. The van der Waals surface area contributed by atoms with Crippen LogP contribution in [0.5, 0.6) is 0 Å². The molecule has 0 saturated heterocycles. The Morgan fingerprint density at radius 2 is 1.38 bits per heavy atom. The van der Waals surface area contributed by atoms with Gasteiger partial charge in [-0.25, -0.2) is 9.13 Å². The monoisotopic (exact) mass is 388 g/mol. The molecule has 0 aromatic carbocycles. The Kier molecular flexibility index (Phi) is 13.8. The number of ether oxygens (including phenoxy) is 1. The Morgan fingerprint density at radius 1 is 0.792 bits per heavy atom. The van der Waals surface area contributed by atoms with Crippen LogP contribution in [0.2, 0.25) is 0 Å². The molecule has 9 nitrogen and oxygen atoms in total. The summed E-state index contributed by atoms with van der Waals surface area (Å²) in [6.45, 7) is 5.08. The Hall–Kier alpha value is -0.260. The summed E-state index contributed by atoms with van der Waals surface area (Å²) in [4.78, 5) is 0. The van der Waals surface area contributed by atoms with Crippen molar-refractivity contribution in [3.63, 3.8) is 0 Å². The van der Waals surface area contributed by atoms with Crippen LogP contribution in [0.25, 0.3) is 0 Å². The van der Waals surface area contributed by atoms with Gasteiger partial charge < -0.3 is 4.74 Å². The summed E-state index contributed by atoms with van der Waals surface area (Å²) in [5, 5.41) is 0. The van der Waals surface area contributed by atoms with Gasteiger partial charge in [0.05, 0.1) is 33.0 Å². The van der Waals surface area contributed by atoms with Crippen LogP contribution in [-0.2, 0) is 41.0 Å². The molecule has 0 aromatic heterocycles. The Balaban J connectivity index is 4.08. The molecule has 2 unspecified atom stereocenters. The highest BCUT2D eigenvalue weighted by atomic mass is 31.2. The van der Waals surface area contributed by atoms with Gasteiger partial charge in [0.25, 0.3) is 0 Å². The van der Waals surface area contributed by atoms with Crippen molar-refractivity contribution < 1.29 is 41.0 Å². The molecule has 0 fully saturated rings. The first-order valence-corrected chi connectivity index (χ1v) is 10.5. The van der Waals surface area contributed by atoms with Crippen molar-refractivity contribution in [1.29, 1.82) is 0 Å². The zero-order valence-corrected chi connectivity index (χ0v) is 16.1. The van der Waals surface area contributed by atoms with Crippen LogP contribution < -0.4 is 0 Å². The smallest absolute Gasteiger partial charge is 0.352 e. The highest BCUT2D eigenvalue weighted by molar-refractivity contribution is 7.48. The van der Waals surface area contributed by atoms with Gasteiger partial charge in [0, 0.05) is 0 Å². The Labute approximate surface area is 143 Å². The summed E-state index contributed by atoms with van der Waals surface area (Å²) in [5.74, 6) is 2.17. The maximum Gasteiger partial charge on any atom is 0.476 e. The minimum atomic E-state index is -3.71. The second-order valence-corrected chi connectivity index (χ2v) is 7.37. The zero-order valence-electron chi connectivity index (χ0n) is 14.3. The maximum atomic E-state index is 12.1. The van der Waals surface area contributed by atoms with E-state index in [1.807, 2.05) is 6.92 Å². The summed E-state index contributed by atoms with van der Waals surface area (Å²) in [6.07, 6.45) is 5.69. The van der Waals surface area contributed by atoms with Gasteiger partial charge in [-0.3, -0.25) is 27.1 Å². The fourth-order valence-corrected chi connectivity index (χ4v) is 3.45. The molecule has 0 N–H and O–H groups in total. The fourth-order valence-electron chi connectivity index (χ4n) is 1.23. The number of phosphoric acid groups is 2. The largest absolute Gasteiger partial charge is 0.476 e. The third-order valence-electron chi connectivity index (χ3n) is 2.11. The van der Waals surface area contributed by atoms with E-state index in [0.717, 1.165) is 0 Å². The molecule has 0 radical (unpaired) electrons. The fraction of sp³-hybridized carbons (Fsp3) is 0.846. The first-order chi connectivity index (χ1) is 11.4. The van der Waals surface area contributed by atoms with Gasteiger partial charge in [0.1, 0.15) is 6.61 Å². The van der Waals surface area contributed by atoms with E-state index in [1.165, 1.54) is 0 Å². The van der Waals surface area contributed by atoms with Gasteiger partial charge in [-0.1, -0.05) is 12.8 Å². The van der Waals surface area contributed by atoms with Crippen molar-refractivity contribution in [1.82, 2.24) is 0 Å². The highest BCUT2D eigenvalue weighted by Gasteiger charge is 2.27. The molecule has 0 aliphatic heterocycles. The van der Waals surface area contributed by atoms with E-state index in [4.69, 9.17) is 38.3 Å². The zero-order chi connectivity index (χ0) is 18.3. The third-order valence-corrected chi connectivity index (χ3v) is 5.12. The van der Waals surface area contributed by atoms with Crippen molar-refractivity contribution in [2.24, 2.45) is 0 Å². The van der Waals surface area contributed by atoms with E-state index in [2.05, 4.69) is 5.92 Å². The predicted molar refractivity (Wildman–Crippen MR) is 87.3 cm³/mol. The minimum Gasteiger partial charge on any atom is -0.352 e. The average Bonchev–Trinajstić information content (AvgIpc) is 2.55. The van der Waals surface area contributed by atoms with Crippen molar-refractivity contribution in [2.45, 2.75) is 27.2 Å². The molecule has 11 heteroatoms. The number of terminal acetylenes is 1. The van der Waals surface area contributed by atoms with Crippen LogP contribution in [0.1, 0.15) is 27.2 Å². The lowest BCUT2D eigenvalue weighted by atomic mass is 10.5. The molecular weight excluding hydrogens is 362 g/mol. The lowest BCUT2D eigenvalue weighted by molar-refractivity contribution is -0.0266. The van der Waals surface area contributed by atoms with Crippen molar-refractivity contribution in [2.75, 3.05) is 46.4 Å². The molecule has 24 heavy (non-hydrogen) atoms. The first kappa shape index (κ1) is 23.7. The maximum absolute atomic E-state index is 12.1. The summed E-state index contributed by atoms with van der Waals surface area (Å²) in [7, 11) is -7.34. The second-order valence-electron chi connectivity index (χ2n) is 4.03. The number of phosphoric ester groups is 2. The minimum absolute atomic E-state index is 0.00359. The topological polar surface area (TPSA) is 98.8 Å². The van der Waals surface area contributed by atoms with Crippen molar-refractivity contribution >= 4 is 15.6 Å². The van der Waals surface area contributed by atoms with Crippen molar-refractivity contribution in [3.8, 4) is 12.3 Å². The Bertz CT molecular complexity index is 449. The summed E-state index contributed by atoms with van der Waals surface area (Å²) in [5.41, 5.74) is 0. The average molecular weight is 388 g/mol. The molecule has 0 amide bonds. The van der Waals surface area contributed by atoms with E-state index in [-0.39, 0.29) is 46.4 Å². The predicted octanol–water partition coefficient (Wildman–Crippen LogP) is 3.36. The molecule has 0 aliphatic carbocycles. The van der Waals surface area contributed by atoms with E-state index in [0.29, 0.717) is 6.42 Å². The third kappa shape index (κ3) is 11.3. The van der Waals surface area contributed by atoms with E-state index < -0.39 is 15.6 Å². The molecule has 0 aromatic rings. The van der Waals surface area contributed by atoms with Gasteiger partial charge in [-0.2, -0.15) is 0 Å². The summed E-state index contributed by atoms with van der Waals surface area (Å²) in [6, 6.07) is 0. The number of hydrogen-bond acceptors (Lipinski definition) is 9. The number of rotatable bonds is 16.